The Morgan fingerprint density at radius 2 is 2.36 bits per heavy atom. The molecule has 14 heavy (non-hydrogen) atoms. The Hall–Kier alpha value is -1.36. The van der Waals surface area contributed by atoms with Gasteiger partial charge in [-0.1, -0.05) is 11.2 Å². The van der Waals surface area contributed by atoms with Gasteiger partial charge in [-0.2, -0.15) is 0 Å². The fourth-order valence-corrected chi connectivity index (χ4v) is 1.64. The van der Waals surface area contributed by atoms with E-state index in [9.17, 15) is 4.79 Å². The zero-order chi connectivity index (χ0) is 10.1. The van der Waals surface area contributed by atoms with Gasteiger partial charge in [-0.25, -0.2) is 0 Å². The molecule has 1 aromatic carbocycles. The Bertz CT molecular complexity index is 492. The molecule has 0 spiro atoms. The number of carboxylic acid groups (broad SMARTS) is 1. The molecular formula is C9H6BrNO3. The Labute approximate surface area is 87.6 Å². The Kier molecular flexibility index (Phi) is 2.25. The zero-order valence-electron chi connectivity index (χ0n) is 7.03. The number of rotatable bonds is 2. The van der Waals surface area contributed by atoms with Gasteiger partial charge in [0.25, 0.3) is 0 Å². The molecule has 0 amide bonds. The third-order valence-corrected chi connectivity index (χ3v) is 2.42. The van der Waals surface area contributed by atoms with Crippen LogP contribution in [-0.4, -0.2) is 16.2 Å². The molecule has 5 heteroatoms. The number of benzene rings is 1. The Morgan fingerprint density at radius 1 is 1.57 bits per heavy atom. The summed E-state index contributed by atoms with van der Waals surface area (Å²) in [6.45, 7) is 0. The fraction of sp³-hybridized carbons (Fsp3) is 0.111. The molecule has 0 aliphatic heterocycles. The molecule has 1 N–H and O–H groups in total. The number of hydrogen-bond acceptors (Lipinski definition) is 3. The molecule has 0 radical (unpaired) electrons. The monoisotopic (exact) mass is 255 g/mol. The highest BCUT2D eigenvalue weighted by Gasteiger charge is 2.07. The number of halogens is 1. The largest absolute Gasteiger partial charge is 0.481 e. The highest BCUT2D eigenvalue weighted by atomic mass is 79.9. The van der Waals surface area contributed by atoms with E-state index in [-0.39, 0.29) is 6.42 Å². The Morgan fingerprint density at radius 3 is 3.07 bits per heavy atom. The highest BCUT2D eigenvalue weighted by Crippen LogP contribution is 2.23. The first-order valence-corrected chi connectivity index (χ1v) is 4.72. The van der Waals surface area contributed by atoms with E-state index in [4.69, 9.17) is 9.63 Å². The average molecular weight is 256 g/mol. The van der Waals surface area contributed by atoms with Gasteiger partial charge in [-0.15, -0.1) is 0 Å². The minimum Gasteiger partial charge on any atom is -0.481 e. The van der Waals surface area contributed by atoms with Crippen molar-refractivity contribution in [3.63, 3.8) is 0 Å². The van der Waals surface area contributed by atoms with Crippen molar-refractivity contribution in [3.8, 4) is 0 Å². The van der Waals surface area contributed by atoms with Gasteiger partial charge in [0.1, 0.15) is 0 Å². The van der Waals surface area contributed by atoms with Crippen LogP contribution in [-0.2, 0) is 11.2 Å². The van der Waals surface area contributed by atoms with Gasteiger partial charge in [0.05, 0.1) is 11.8 Å². The second-order valence-corrected chi connectivity index (χ2v) is 3.63. The molecule has 0 fully saturated rings. The van der Waals surface area contributed by atoms with Crippen molar-refractivity contribution in [1.82, 2.24) is 5.16 Å². The van der Waals surface area contributed by atoms with Crippen LogP contribution in [0.25, 0.3) is 11.0 Å². The molecule has 0 saturated heterocycles. The minimum atomic E-state index is -0.858. The third kappa shape index (κ3) is 1.63. The van der Waals surface area contributed by atoms with E-state index in [1.807, 2.05) is 0 Å². The number of carbonyl (C=O) groups is 1. The zero-order valence-corrected chi connectivity index (χ0v) is 8.61. The number of aromatic nitrogens is 1. The van der Waals surface area contributed by atoms with Crippen molar-refractivity contribution in [2.45, 2.75) is 6.42 Å². The fourth-order valence-electron chi connectivity index (χ4n) is 1.24. The van der Waals surface area contributed by atoms with Crippen LogP contribution < -0.4 is 0 Å². The Balaban J connectivity index is 2.46. The van der Waals surface area contributed by atoms with E-state index in [1.54, 1.807) is 18.2 Å². The summed E-state index contributed by atoms with van der Waals surface area (Å²) in [6.07, 6.45) is -0.00570. The summed E-state index contributed by atoms with van der Waals surface area (Å²) in [5, 5.41) is 13.1. The van der Waals surface area contributed by atoms with E-state index >= 15 is 0 Å². The molecule has 0 unspecified atom stereocenters. The molecule has 2 rings (SSSR count). The molecule has 1 aromatic heterocycles. The number of aliphatic carboxylic acids is 1. The molecule has 4 nitrogen and oxygen atoms in total. The number of nitrogens with zero attached hydrogens (tertiary/aromatic N) is 1. The van der Waals surface area contributed by atoms with Gasteiger partial charge < -0.3 is 9.63 Å². The van der Waals surface area contributed by atoms with E-state index in [0.29, 0.717) is 15.7 Å². The van der Waals surface area contributed by atoms with Crippen molar-refractivity contribution in [1.29, 1.82) is 0 Å². The maximum Gasteiger partial charge on any atom is 0.307 e. The second-order valence-electron chi connectivity index (χ2n) is 2.87. The first kappa shape index (κ1) is 9.21. The third-order valence-electron chi connectivity index (χ3n) is 1.85. The molecule has 0 aliphatic rings. The van der Waals surface area contributed by atoms with Gasteiger partial charge in [-0.3, -0.25) is 4.79 Å². The van der Waals surface area contributed by atoms with Gasteiger partial charge in [-0.05, 0) is 33.6 Å². The van der Waals surface area contributed by atoms with Crippen LogP contribution in [0.4, 0.5) is 0 Å². The molecule has 0 saturated carbocycles. The van der Waals surface area contributed by atoms with Gasteiger partial charge in [0.15, 0.2) is 10.2 Å². The predicted octanol–water partition coefficient (Wildman–Crippen LogP) is 2.22. The lowest BCUT2D eigenvalue weighted by atomic mass is 10.1. The molecule has 0 bridgehead atoms. The van der Waals surface area contributed by atoms with Crippen LogP contribution in [0, 0.1) is 0 Å². The van der Waals surface area contributed by atoms with Crippen molar-refractivity contribution in [2.75, 3.05) is 0 Å². The van der Waals surface area contributed by atoms with Crippen LogP contribution in [0.3, 0.4) is 0 Å². The van der Waals surface area contributed by atoms with Crippen molar-refractivity contribution < 1.29 is 14.4 Å². The number of carboxylic acids is 1. The summed E-state index contributed by atoms with van der Waals surface area (Å²) in [5.74, 6) is -0.858. The smallest absolute Gasteiger partial charge is 0.307 e. The molecular weight excluding hydrogens is 250 g/mol. The van der Waals surface area contributed by atoms with Crippen LogP contribution in [0.1, 0.15) is 5.56 Å². The van der Waals surface area contributed by atoms with Gasteiger partial charge in [0, 0.05) is 0 Å². The SMILES string of the molecule is O=C(O)Cc1ccc2c(Br)noc2c1. The van der Waals surface area contributed by atoms with Crippen LogP contribution >= 0.6 is 15.9 Å². The van der Waals surface area contributed by atoms with E-state index in [1.165, 1.54) is 0 Å². The summed E-state index contributed by atoms with van der Waals surface area (Å²) in [6, 6.07) is 5.22. The van der Waals surface area contributed by atoms with E-state index < -0.39 is 5.97 Å². The first-order valence-electron chi connectivity index (χ1n) is 3.92. The topological polar surface area (TPSA) is 63.3 Å². The number of fused-ring (bicyclic) bond motifs is 1. The lowest BCUT2D eigenvalue weighted by molar-refractivity contribution is -0.136. The van der Waals surface area contributed by atoms with Crippen molar-refractivity contribution >= 4 is 32.9 Å². The minimum absolute atomic E-state index is 0.00570. The second kappa shape index (κ2) is 3.42. The van der Waals surface area contributed by atoms with Gasteiger partial charge in [0.2, 0.25) is 0 Å². The lowest BCUT2D eigenvalue weighted by Gasteiger charge is -1.95. The highest BCUT2D eigenvalue weighted by molar-refractivity contribution is 9.10. The van der Waals surface area contributed by atoms with Crippen LogP contribution in [0.5, 0.6) is 0 Å². The summed E-state index contributed by atoms with van der Waals surface area (Å²) in [5.41, 5.74) is 1.30. The van der Waals surface area contributed by atoms with Crippen molar-refractivity contribution in [2.24, 2.45) is 0 Å². The maximum atomic E-state index is 10.5. The lowest BCUT2D eigenvalue weighted by Crippen LogP contribution is -1.99. The van der Waals surface area contributed by atoms with Gasteiger partial charge >= 0.3 is 5.97 Å². The van der Waals surface area contributed by atoms with Crippen LogP contribution in [0.2, 0.25) is 0 Å². The number of hydrogen-bond donors (Lipinski definition) is 1. The summed E-state index contributed by atoms with van der Waals surface area (Å²) in [4.78, 5) is 10.5. The summed E-state index contributed by atoms with van der Waals surface area (Å²) >= 11 is 3.22. The summed E-state index contributed by atoms with van der Waals surface area (Å²) < 4.78 is 5.61. The molecule has 72 valence electrons. The molecule has 1 heterocycles. The predicted molar refractivity (Wildman–Crippen MR) is 53.0 cm³/mol. The maximum absolute atomic E-state index is 10.5. The van der Waals surface area contributed by atoms with Crippen LogP contribution in [0.15, 0.2) is 27.3 Å². The summed E-state index contributed by atoms with van der Waals surface area (Å²) in [7, 11) is 0. The average Bonchev–Trinajstić information content (AvgIpc) is 2.46. The first-order chi connectivity index (χ1) is 6.66. The molecule has 0 atom stereocenters. The van der Waals surface area contributed by atoms with Crippen molar-refractivity contribution in [3.05, 3.63) is 28.4 Å². The quantitative estimate of drug-likeness (QED) is 0.894. The molecule has 0 aliphatic carbocycles. The molecule has 2 aromatic rings. The standard InChI is InChI=1S/C9H6BrNO3/c10-9-6-2-1-5(4-8(12)13)3-7(6)14-11-9/h1-3H,4H2,(H,12,13). The van der Waals surface area contributed by atoms with E-state index in [2.05, 4.69) is 21.1 Å². The van der Waals surface area contributed by atoms with E-state index in [0.717, 1.165) is 5.39 Å². The normalized spacial score (nSPS) is 10.6.